The molecule has 4 heteroatoms. The second-order valence-electron chi connectivity index (χ2n) is 3.49. The van der Waals surface area contributed by atoms with Crippen molar-refractivity contribution in [1.82, 2.24) is 5.01 Å². The lowest BCUT2D eigenvalue weighted by molar-refractivity contribution is 0.216. The standard InChI is InChI=1S/C11H13N3O/c1-9-3-5-10(6-4-9)13-7-2-8-14(13)11(12)15/h2-7H,8H2,1H3,(H2,12,15). The summed E-state index contributed by atoms with van der Waals surface area (Å²) in [5, 5.41) is 3.23. The van der Waals surface area contributed by atoms with E-state index in [1.165, 1.54) is 10.6 Å². The van der Waals surface area contributed by atoms with Crippen LogP contribution in [0.25, 0.3) is 0 Å². The Hall–Kier alpha value is -1.97. The molecule has 0 atom stereocenters. The summed E-state index contributed by atoms with van der Waals surface area (Å²) in [7, 11) is 0. The summed E-state index contributed by atoms with van der Waals surface area (Å²) in [5.41, 5.74) is 7.39. The Morgan fingerprint density at radius 1 is 1.33 bits per heavy atom. The van der Waals surface area contributed by atoms with Gasteiger partial charge in [0.05, 0.1) is 12.2 Å². The number of hydrogen-bond donors (Lipinski definition) is 1. The highest BCUT2D eigenvalue weighted by Crippen LogP contribution is 2.20. The molecule has 0 aliphatic carbocycles. The van der Waals surface area contributed by atoms with Gasteiger partial charge in [0.15, 0.2) is 0 Å². The zero-order valence-electron chi connectivity index (χ0n) is 8.55. The van der Waals surface area contributed by atoms with E-state index in [9.17, 15) is 4.79 Å². The summed E-state index contributed by atoms with van der Waals surface area (Å²) in [5.74, 6) is 0. The molecule has 1 heterocycles. The van der Waals surface area contributed by atoms with Crippen molar-refractivity contribution in [2.75, 3.05) is 11.6 Å². The van der Waals surface area contributed by atoms with Crippen molar-refractivity contribution in [3.63, 3.8) is 0 Å². The Kier molecular flexibility index (Phi) is 2.33. The fourth-order valence-corrected chi connectivity index (χ4v) is 1.53. The number of nitrogens with two attached hydrogens (primary N) is 1. The van der Waals surface area contributed by atoms with E-state index < -0.39 is 6.03 Å². The Labute approximate surface area is 88.6 Å². The summed E-state index contributed by atoms with van der Waals surface area (Å²) in [6, 6.07) is 7.48. The van der Waals surface area contributed by atoms with Gasteiger partial charge in [-0.1, -0.05) is 17.7 Å². The van der Waals surface area contributed by atoms with E-state index in [1.807, 2.05) is 43.5 Å². The third-order valence-corrected chi connectivity index (χ3v) is 2.34. The third kappa shape index (κ3) is 1.79. The van der Waals surface area contributed by atoms with Crippen molar-refractivity contribution < 1.29 is 4.79 Å². The van der Waals surface area contributed by atoms with Crippen LogP contribution in [0.5, 0.6) is 0 Å². The molecule has 0 saturated heterocycles. The summed E-state index contributed by atoms with van der Waals surface area (Å²) in [6.45, 7) is 2.55. The van der Waals surface area contributed by atoms with Crippen molar-refractivity contribution in [3.8, 4) is 0 Å². The SMILES string of the molecule is Cc1ccc(N2C=CCN2C(N)=O)cc1. The van der Waals surface area contributed by atoms with Gasteiger partial charge >= 0.3 is 6.03 Å². The van der Waals surface area contributed by atoms with Crippen molar-refractivity contribution in [1.29, 1.82) is 0 Å². The number of urea groups is 1. The number of primary amides is 1. The van der Waals surface area contributed by atoms with Crippen LogP contribution in [-0.2, 0) is 0 Å². The van der Waals surface area contributed by atoms with Gasteiger partial charge in [-0.2, -0.15) is 0 Å². The number of carbonyl (C=O) groups is 1. The second kappa shape index (κ2) is 3.65. The lowest BCUT2D eigenvalue weighted by atomic mass is 10.2. The molecule has 15 heavy (non-hydrogen) atoms. The van der Waals surface area contributed by atoms with Gasteiger partial charge < -0.3 is 5.73 Å². The number of hydrogen-bond acceptors (Lipinski definition) is 2. The monoisotopic (exact) mass is 203 g/mol. The summed E-state index contributed by atoms with van der Waals surface area (Å²) in [4.78, 5) is 11.1. The van der Waals surface area contributed by atoms with E-state index in [0.29, 0.717) is 6.54 Å². The van der Waals surface area contributed by atoms with Crippen LogP contribution >= 0.6 is 0 Å². The zero-order chi connectivity index (χ0) is 10.8. The van der Waals surface area contributed by atoms with Gasteiger partial charge in [0.1, 0.15) is 0 Å². The number of carbonyl (C=O) groups excluding carboxylic acids is 1. The molecule has 0 saturated carbocycles. The molecule has 2 rings (SSSR count). The average Bonchev–Trinajstić information content (AvgIpc) is 2.67. The Balaban J connectivity index is 2.26. The molecule has 78 valence electrons. The van der Waals surface area contributed by atoms with E-state index in [2.05, 4.69) is 0 Å². The topological polar surface area (TPSA) is 49.6 Å². The number of rotatable bonds is 1. The molecule has 1 aromatic rings. The minimum absolute atomic E-state index is 0.444. The maximum atomic E-state index is 11.1. The minimum atomic E-state index is -0.444. The van der Waals surface area contributed by atoms with Gasteiger partial charge in [-0.3, -0.25) is 5.01 Å². The molecular weight excluding hydrogens is 190 g/mol. The lowest BCUT2D eigenvalue weighted by Gasteiger charge is -2.27. The van der Waals surface area contributed by atoms with E-state index in [0.717, 1.165) is 5.69 Å². The molecule has 0 radical (unpaired) electrons. The van der Waals surface area contributed by atoms with Crippen LogP contribution in [0.4, 0.5) is 10.5 Å². The van der Waals surface area contributed by atoms with Crippen molar-refractivity contribution in [3.05, 3.63) is 42.1 Å². The molecule has 0 bridgehead atoms. The molecule has 0 unspecified atom stereocenters. The lowest BCUT2D eigenvalue weighted by Crippen LogP contribution is -2.43. The van der Waals surface area contributed by atoms with E-state index in [-0.39, 0.29) is 0 Å². The summed E-state index contributed by atoms with van der Waals surface area (Å²) >= 11 is 0. The normalized spacial score (nSPS) is 14.7. The Morgan fingerprint density at radius 3 is 2.60 bits per heavy atom. The van der Waals surface area contributed by atoms with Gasteiger partial charge in [-0.25, -0.2) is 9.80 Å². The predicted molar refractivity (Wildman–Crippen MR) is 59.1 cm³/mol. The fourth-order valence-electron chi connectivity index (χ4n) is 1.53. The number of hydrazine groups is 1. The molecule has 0 fully saturated rings. The van der Waals surface area contributed by atoms with E-state index in [1.54, 1.807) is 5.01 Å². The van der Waals surface area contributed by atoms with Crippen molar-refractivity contribution in [2.24, 2.45) is 5.73 Å². The first kappa shape index (κ1) is 9.58. The second-order valence-corrected chi connectivity index (χ2v) is 3.49. The minimum Gasteiger partial charge on any atom is -0.350 e. The third-order valence-electron chi connectivity index (χ3n) is 2.34. The van der Waals surface area contributed by atoms with E-state index >= 15 is 0 Å². The summed E-state index contributed by atoms with van der Waals surface area (Å²) in [6.07, 6.45) is 3.74. The molecule has 1 aliphatic heterocycles. The fraction of sp³-hybridized carbons (Fsp3) is 0.182. The van der Waals surface area contributed by atoms with Crippen LogP contribution in [0.3, 0.4) is 0 Å². The smallest absolute Gasteiger partial charge is 0.334 e. The van der Waals surface area contributed by atoms with E-state index in [4.69, 9.17) is 5.73 Å². The van der Waals surface area contributed by atoms with Gasteiger partial charge in [0.25, 0.3) is 0 Å². The highest BCUT2D eigenvalue weighted by molar-refractivity contribution is 5.76. The number of nitrogens with zero attached hydrogens (tertiary/aromatic N) is 2. The molecule has 0 spiro atoms. The first-order chi connectivity index (χ1) is 7.18. The summed E-state index contributed by atoms with van der Waals surface area (Å²) < 4.78 is 0. The highest BCUT2D eigenvalue weighted by Gasteiger charge is 2.20. The first-order valence-electron chi connectivity index (χ1n) is 4.78. The largest absolute Gasteiger partial charge is 0.350 e. The van der Waals surface area contributed by atoms with Crippen LogP contribution < -0.4 is 10.7 Å². The van der Waals surface area contributed by atoms with Crippen molar-refractivity contribution >= 4 is 11.7 Å². The van der Waals surface area contributed by atoms with Gasteiger partial charge in [0, 0.05) is 6.20 Å². The molecule has 4 nitrogen and oxygen atoms in total. The molecule has 2 amide bonds. The first-order valence-corrected chi connectivity index (χ1v) is 4.78. The number of aryl methyl sites for hydroxylation is 1. The predicted octanol–water partition coefficient (Wildman–Crippen LogP) is 1.62. The molecule has 2 N–H and O–H groups in total. The Bertz CT molecular complexity index is 397. The van der Waals surface area contributed by atoms with Crippen LogP contribution in [0.15, 0.2) is 36.5 Å². The average molecular weight is 203 g/mol. The van der Waals surface area contributed by atoms with Gasteiger partial charge in [0.2, 0.25) is 0 Å². The number of benzene rings is 1. The maximum Gasteiger partial charge on any atom is 0.334 e. The zero-order valence-corrected chi connectivity index (χ0v) is 8.55. The maximum absolute atomic E-state index is 11.1. The molecule has 1 aliphatic rings. The van der Waals surface area contributed by atoms with Gasteiger partial charge in [-0.15, -0.1) is 0 Å². The number of anilines is 1. The molecular formula is C11H13N3O. The molecule has 1 aromatic carbocycles. The highest BCUT2D eigenvalue weighted by atomic mass is 16.2. The number of amides is 2. The van der Waals surface area contributed by atoms with Gasteiger partial charge in [-0.05, 0) is 25.1 Å². The molecule has 0 aromatic heterocycles. The quantitative estimate of drug-likeness (QED) is 0.754. The van der Waals surface area contributed by atoms with Crippen LogP contribution in [0.1, 0.15) is 5.56 Å². The Morgan fingerprint density at radius 2 is 2.00 bits per heavy atom. The van der Waals surface area contributed by atoms with Crippen molar-refractivity contribution in [2.45, 2.75) is 6.92 Å². The van der Waals surface area contributed by atoms with Crippen LogP contribution in [0.2, 0.25) is 0 Å². The van der Waals surface area contributed by atoms with Crippen LogP contribution in [-0.4, -0.2) is 17.6 Å². The van der Waals surface area contributed by atoms with Crippen LogP contribution in [0, 0.1) is 6.92 Å².